The smallest absolute Gasteiger partial charge is 0.330 e. The van der Waals surface area contributed by atoms with Crippen molar-refractivity contribution in [3.8, 4) is 5.19 Å². The lowest BCUT2D eigenvalue weighted by Gasteiger charge is -2.29. The number of thiazole rings is 1. The lowest BCUT2D eigenvalue weighted by Crippen LogP contribution is -2.55. The van der Waals surface area contributed by atoms with Gasteiger partial charge in [0.1, 0.15) is 23.5 Å². The summed E-state index contributed by atoms with van der Waals surface area (Å²) in [6.45, 7) is 0.644. The summed E-state index contributed by atoms with van der Waals surface area (Å²) in [6.07, 6.45) is 7.99. The maximum Gasteiger partial charge on any atom is 0.330 e. The molecule has 43 heavy (non-hydrogen) atoms. The molecule has 2 fully saturated rings. The van der Waals surface area contributed by atoms with E-state index in [1.54, 1.807) is 6.07 Å². The molecule has 6 rings (SSSR count). The third-order valence-corrected chi connectivity index (χ3v) is 9.52. The first-order chi connectivity index (χ1) is 20.8. The number of allylic oxidation sites excluding steroid dienone is 1. The highest BCUT2D eigenvalue weighted by Crippen LogP contribution is 2.45. The summed E-state index contributed by atoms with van der Waals surface area (Å²) in [4.78, 5) is 46.2. The fourth-order valence-corrected chi connectivity index (χ4v) is 7.02. The monoisotopic (exact) mass is 606 g/mol. The van der Waals surface area contributed by atoms with Gasteiger partial charge < -0.3 is 25.4 Å². The Bertz CT molecular complexity index is 1530. The summed E-state index contributed by atoms with van der Waals surface area (Å²) in [5.74, 6) is -2.45. The fraction of sp³-hybridized carbons (Fsp3) is 0.438. The van der Waals surface area contributed by atoms with E-state index in [1.165, 1.54) is 28.4 Å². The number of benzene rings is 2. The van der Waals surface area contributed by atoms with E-state index in [0.717, 1.165) is 31.2 Å². The van der Waals surface area contributed by atoms with Crippen LogP contribution in [0, 0.1) is 11.7 Å². The quantitative estimate of drug-likeness (QED) is 0.355. The second-order valence-electron chi connectivity index (χ2n) is 11.6. The van der Waals surface area contributed by atoms with Gasteiger partial charge in [-0.1, -0.05) is 66.7 Å². The van der Waals surface area contributed by atoms with Crippen molar-refractivity contribution in [3.05, 3.63) is 72.1 Å². The molecule has 5 atom stereocenters. The summed E-state index contributed by atoms with van der Waals surface area (Å²) in [6, 6.07) is 12.7. The second kappa shape index (κ2) is 12.4. The van der Waals surface area contributed by atoms with Crippen LogP contribution in [-0.2, 0) is 20.9 Å². The molecule has 3 aromatic rings. The van der Waals surface area contributed by atoms with Gasteiger partial charge in [0.2, 0.25) is 11.8 Å². The summed E-state index contributed by atoms with van der Waals surface area (Å²) >= 11 is 1.20. The number of fused-ring (bicyclic) bond motifs is 3. The van der Waals surface area contributed by atoms with Crippen LogP contribution in [0.2, 0.25) is 0 Å². The Kier molecular flexibility index (Phi) is 8.45. The number of carbonyl (C=O) groups is 3. The van der Waals surface area contributed by atoms with Crippen molar-refractivity contribution in [2.24, 2.45) is 5.92 Å². The normalized spacial score (nSPS) is 28.7. The molecule has 0 radical (unpaired) electrons. The molecule has 2 aliphatic heterocycles. The summed E-state index contributed by atoms with van der Waals surface area (Å²) < 4.78 is 20.6. The molecule has 11 heteroatoms. The number of nitrogens with zero attached hydrogens (tertiary/aromatic N) is 2. The third-order valence-electron chi connectivity index (χ3n) is 8.61. The van der Waals surface area contributed by atoms with Crippen LogP contribution in [0.3, 0.4) is 0 Å². The van der Waals surface area contributed by atoms with Crippen LogP contribution >= 0.6 is 11.3 Å². The lowest BCUT2D eigenvalue weighted by atomic mass is 10.0. The van der Waals surface area contributed by atoms with Crippen molar-refractivity contribution in [2.45, 2.75) is 75.2 Å². The Labute approximate surface area is 253 Å². The molecule has 226 valence electrons. The fourth-order valence-electron chi connectivity index (χ4n) is 6.11. The zero-order valence-corrected chi connectivity index (χ0v) is 24.5. The number of carboxylic acid groups (broad SMARTS) is 1. The van der Waals surface area contributed by atoms with Gasteiger partial charge in [-0.25, -0.2) is 14.2 Å². The number of hydrogen-bond donors (Lipinski definition) is 3. The Balaban J connectivity index is 1.26. The van der Waals surface area contributed by atoms with Crippen LogP contribution in [0.1, 0.15) is 50.5 Å². The van der Waals surface area contributed by atoms with Gasteiger partial charge in [0.15, 0.2) is 0 Å². The maximum atomic E-state index is 14.2. The van der Waals surface area contributed by atoms with E-state index in [1.807, 2.05) is 42.5 Å². The molecule has 0 unspecified atom stereocenters. The first-order valence-corrected chi connectivity index (χ1v) is 15.7. The average Bonchev–Trinajstić information content (AvgIpc) is 3.31. The van der Waals surface area contributed by atoms with Crippen molar-refractivity contribution in [1.29, 1.82) is 0 Å². The van der Waals surface area contributed by atoms with Gasteiger partial charge in [-0.15, -0.1) is 0 Å². The Morgan fingerprint density at radius 1 is 1.19 bits per heavy atom. The largest absolute Gasteiger partial charge is 0.479 e. The summed E-state index contributed by atoms with van der Waals surface area (Å²) in [5, 5.41) is 16.6. The SMILES string of the molecule is O=C1N[C@]2(C(=O)O)C[C@H]2/C=C\CCCCC[C@H](NCc2ccccc2)C(=O)N2C[C@H](Oc3nc4ccc(F)cc4s3)C[C@@H]12. The molecule has 3 N–H and O–H groups in total. The number of carbonyl (C=O) groups excluding carboxylic acids is 2. The van der Waals surface area contributed by atoms with Crippen molar-refractivity contribution in [2.75, 3.05) is 6.54 Å². The van der Waals surface area contributed by atoms with Crippen LogP contribution in [0.25, 0.3) is 10.2 Å². The van der Waals surface area contributed by atoms with Gasteiger partial charge in [-0.3, -0.25) is 9.59 Å². The number of ether oxygens (including phenoxy) is 1. The van der Waals surface area contributed by atoms with Gasteiger partial charge in [0.05, 0.1) is 22.8 Å². The standard InChI is InChI=1S/C32H35FN4O5S/c33-22-13-14-24-27(15-22)43-31(35-24)42-23-16-26-28(38)36-32(30(40)41)17-21(32)11-7-2-1-3-8-12-25(29(39)37(26)19-23)34-18-20-9-5-4-6-10-20/h4-7,9-11,13-15,21,23,25-26,34H,1-3,8,12,16-19H2,(H,36,38)(H,40,41)/b11-7-/t21-,23-,25+,26+,32-/m1/s1. The molecule has 1 saturated carbocycles. The molecule has 0 bridgehead atoms. The Morgan fingerprint density at radius 3 is 2.84 bits per heavy atom. The second-order valence-corrected chi connectivity index (χ2v) is 12.6. The van der Waals surface area contributed by atoms with Crippen LogP contribution in [-0.4, -0.2) is 63.0 Å². The first kappa shape index (κ1) is 29.3. The molecule has 2 aromatic carbocycles. The number of nitrogens with one attached hydrogen (secondary N) is 2. The van der Waals surface area contributed by atoms with Gasteiger partial charge in [0, 0.05) is 18.9 Å². The zero-order chi connectivity index (χ0) is 30.0. The van der Waals surface area contributed by atoms with Crippen molar-refractivity contribution in [1.82, 2.24) is 20.5 Å². The van der Waals surface area contributed by atoms with Gasteiger partial charge >= 0.3 is 5.97 Å². The molecular weight excluding hydrogens is 571 g/mol. The molecular formula is C32H35FN4O5S. The topological polar surface area (TPSA) is 121 Å². The predicted octanol–water partition coefficient (Wildman–Crippen LogP) is 4.42. The number of aliphatic carboxylic acids is 1. The minimum atomic E-state index is -1.37. The average molecular weight is 607 g/mol. The zero-order valence-electron chi connectivity index (χ0n) is 23.7. The van der Waals surface area contributed by atoms with Crippen molar-refractivity contribution >= 4 is 39.3 Å². The van der Waals surface area contributed by atoms with Crippen LogP contribution in [0.15, 0.2) is 60.7 Å². The minimum Gasteiger partial charge on any atom is -0.479 e. The Morgan fingerprint density at radius 2 is 2.02 bits per heavy atom. The van der Waals surface area contributed by atoms with Crippen LogP contribution < -0.4 is 15.4 Å². The minimum absolute atomic E-state index is 0.147. The van der Waals surface area contributed by atoms with E-state index in [-0.39, 0.29) is 30.6 Å². The number of amides is 2. The molecule has 1 aromatic heterocycles. The van der Waals surface area contributed by atoms with E-state index in [0.29, 0.717) is 34.8 Å². The van der Waals surface area contributed by atoms with Gasteiger partial charge in [-0.2, -0.15) is 0 Å². The number of hydrogen-bond acceptors (Lipinski definition) is 7. The molecule has 3 heterocycles. The highest BCUT2D eigenvalue weighted by atomic mass is 32.1. The number of carboxylic acids is 1. The van der Waals surface area contributed by atoms with E-state index in [9.17, 15) is 23.9 Å². The van der Waals surface area contributed by atoms with Crippen molar-refractivity contribution < 1.29 is 28.6 Å². The van der Waals surface area contributed by atoms with E-state index >= 15 is 0 Å². The number of aromatic nitrogens is 1. The molecule has 0 spiro atoms. The first-order valence-electron chi connectivity index (χ1n) is 14.8. The number of rotatable bonds is 6. The van der Waals surface area contributed by atoms with E-state index in [2.05, 4.69) is 15.6 Å². The number of halogens is 1. The van der Waals surface area contributed by atoms with E-state index < -0.39 is 35.6 Å². The highest BCUT2D eigenvalue weighted by Gasteiger charge is 2.61. The molecule has 3 aliphatic rings. The van der Waals surface area contributed by atoms with Gasteiger partial charge in [-0.05, 0) is 49.4 Å². The summed E-state index contributed by atoms with van der Waals surface area (Å²) in [7, 11) is 0. The maximum absolute atomic E-state index is 14.2. The van der Waals surface area contributed by atoms with Gasteiger partial charge in [0.25, 0.3) is 5.19 Å². The van der Waals surface area contributed by atoms with E-state index in [4.69, 9.17) is 4.74 Å². The highest BCUT2D eigenvalue weighted by molar-refractivity contribution is 7.20. The Hall–Kier alpha value is -3.83. The van der Waals surface area contributed by atoms with Crippen LogP contribution in [0.5, 0.6) is 5.19 Å². The summed E-state index contributed by atoms with van der Waals surface area (Å²) in [5.41, 5.74) is 0.275. The molecule has 1 aliphatic carbocycles. The van der Waals surface area contributed by atoms with Crippen molar-refractivity contribution in [3.63, 3.8) is 0 Å². The van der Waals surface area contributed by atoms with Crippen LogP contribution in [0.4, 0.5) is 4.39 Å². The lowest BCUT2D eigenvalue weighted by molar-refractivity contribution is -0.145. The molecule has 1 saturated heterocycles. The predicted molar refractivity (Wildman–Crippen MR) is 160 cm³/mol. The molecule has 9 nitrogen and oxygen atoms in total. The molecule has 2 amide bonds. The third kappa shape index (κ3) is 6.42.